The second kappa shape index (κ2) is 23.0. The number of hydrogen-bond acceptors (Lipinski definition) is 16. The first-order chi connectivity index (χ1) is 42.0. The Kier molecular flexibility index (Phi) is 15.3. The van der Waals surface area contributed by atoms with Gasteiger partial charge in [-0.15, -0.1) is 30.0 Å². The molecule has 8 aromatic rings. The van der Waals surface area contributed by atoms with Crippen molar-refractivity contribution in [1.82, 2.24) is 35.3 Å². The Morgan fingerprint density at radius 2 is 1.10 bits per heavy atom. The highest BCUT2D eigenvalue weighted by Gasteiger charge is 2.69. The van der Waals surface area contributed by atoms with Crippen LogP contribution in [0.5, 0.6) is 11.5 Å². The first kappa shape index (κ1) is 58.6. The smallest absolute Gasteiger partial charge is 0.308 e. The highest BCUT2D eigenvalue weighted by molar-refractivity contribution is 6.25. The number of Topliss-reactive ketones (excluding diaryl/α,β-unsaturated/α-hetero) is 1. The maximum Gasteiger partial charge on any atom is 0.308 e. The van der Waals surface area contributed by atoms with Gasteiger partial charge in [0, 0.05) is 49.0 Å². The van der Waals surface area contributed by atoms with Gasteiger partial charge in [0.1, 0.15) is 45.0 Å². The van der Waals surface area contributed by atoms with Gasteiger partial charge >= 0.3 is 23.9 Å². The summed E-state index contributed by atoms with van der Waals surface area (Å²) >= 11 is 0. The minimum Gasteiger partial charge on any atom is -0.505 e. The van der Waals surface area contributed by atoms with Crippen LogP contribution < -0.4 is 20.9 Å². The number of carbonyl (C=O) groups is 10. The maximum absolute atomic E-state index is 14.9. The molecule has 8 atom stereocenters. The van der Waals surface area contributed by atoms with Gasteiger partial charge < -0.3 is 46.6 Å². The number of nitrogens with zero attached hydrogens (tertiary/aromatic N) is 7. The van der Waals surface area contributed by atoms with E-state index in [9.17, 15) is 78.6 Å². The molecule has 3 fully saturated rings. The van der Waals surface area contributed by atoms with Crippen molar-refractivity contribution >= 4 is 98.3 Å². The Balaban J connectivity index is 0.923. The lowest BCUT2D eigenvalue weighted by molar-refractivity contribution is -0.167. The number of benzene rings is 6. The van der Waals surface area contributed by atoms with Gasteiger partial charge in [-0.3, -0.25) is 52.8 Å². The van der Waals surface area contributed by atoms with E-state index in [-0.39, 0.29) is 62.7 Å². The average molecular weight is 1200 g/mol. The number of carbonyl (C=O) groups excluding carboxylic acids is 6. The number of rotatable bonds is 19. The standard InChI is InChI=1S/C62H54N10O16/c1-27-16-31(24-47(74)75)37(17-28(27)2)57(82)65-43-20-30(22-45(56(43)81)72-68-41-10-6-7-11-42(41)69-72)29-18-33(55(80)44(21-29)71-66-39-8-4-5-9-40(39)67-71)23-46(73)51-52-53(54(51)62(87)88)61(86)70(60(52)85)35-14-12-34(13-15-35)64-58(83)38-19-32(25-48(76)77)36(26-49(78)79)50(38)59(84)63-3/h4-18,20-22,32,36,38,50-54,80-81H,19,23-26H2,1-3H3,(H,63,84)(H,64,83)(H,65,82)(H,74,75)(H,76,77)(H,78,79)(H,87,88). The zero-order valence-electron chi connectivity index (χ0n) is 46.9. The summed E-state index contributed by atoms with van der Waals surface area (Å²) in [6.45, 7) is 3.52. The number of phenols is 2. The second-order valence-corrected chi connectivity index (χ2v) is 22.2. The number of ketones is 1. The quantitative estimate of drug-likeness (QED) is 0.0357. The molecule has 26 heteroatoms. The SMILES string of the molecule is CNC(=O)C1C(C(=O)Nc2ccc(N3C(=O)C4C(C(=O)O)C(C(=O)Cc5cc(-c6cc(NC(=O)c7cc(C)c(C)cc7CC(=O)O)c(O)c(-n7nc8ccccc8n7)c6)cc(-n6nc7ccccc7n6)c5O)C4C3=O)cc2)CC(CC(=O)O)C1CC(=O)O. The Labute approximate surface area is 497 Å². The number of aliphatic carboxylic acids is 4. The number of phenolic OH excluding ortho intramolecular Hbond substituents is 2. The lowest BCUT2D eigenvalue weighted by Crippen LogP contribution is -2.55. The van der Waals surface area contributed by atoms with Crippen LogP contribution in [0.3, 0.4) is 0 Å². The minimum atomic E-state index is -1.70. The van der Waals surface area contributed by atoms with Gasteiger partial charge in [0.25, 0.3) is 5.91 Å². The van der Waals surface area contributed by atoms with Crippen LogP contribution in [0.4, 0.5) is 17.1 Å². The molecule has 0 radical (unpaired) electrons. The largest absolute Gasteiger partial charge is 0.505 e. The summed E-state index contributed by atoms with van der Waals surface area (Å²) in [5.41, 5.74) is 3.29. The number of nitrogens with one attached hydrogen (secondary N) is 3. The van der Waals surface area contributed by atoms with E-state index in [0.29, 0.717) is 27.6 Å². The predicted molar refractivity (Wildman–Crippen MR) is 310 cm³/mol. The van der Waals surface area contributed by atoms with Crippen LogP contribution >= 0.6 is 0 Å². The van der Waals surface area contributed by atoms with Gasteiger partial charge in [-0.05, 0) is 139 Å². The van der Waals surface area contributed by atoms with Crippen molar-refractivity contribution in [2.75, 3.05) is 22.6 Å². The molecule has 88 heavy (non-hydrogen) atoms. The summed E-state index contributed by atoms with van der Waals surface area (Å²) in [5, 5.41) is 90.0. The summed E-state index contributed by atoms with van der Waals surface area (Å²) in [4.78, 5) is 136. The normalized spacial score (nSPS) is 20.3. The second-order valence-electron chi connectivity index (χ2n) is 22.2. The van der Waals surface area contributed by atoms with Crippen LogP contribution in [0.15, 0.2) is 109 Å². The Bertz CT molecular complexity index is 4240. The number of hydrogen-bond donors (Lipinski definition) is 9. The molecule has 11 rings (SSSR count). The van der Waals surface area contributed by atoms with Gasteiger partial charge in [0.2, 0.25) is 23.6 Å². The molecule has 3 aliphatic rings. The number of fused-ring (bicyclic) bond motifs is 3. The summed E-state index contributed by atoms with van der Waals surface area (Å²) in [5.74, 6) is -21.5. The van der Waals surface area contributed by atoms with Crippen molar-refractivity contribution in [2.45, 2.75) is 46.0 Å². The van der Waals surface area contributed by atoms with E-state index in [4.69, 9.17) is 0 Å². The van der Waals surface area contributed by atoms with Gasteiger partial charge in [0.15, 0.2) is 5.75 Å². The highest BCUT2D eigenvalue weighted by atomic mass is 16.4. The summed E-state index contributed by atoms with van der Waals surface area (Å²) in [7, 11) is 1.31. The number of aryl methyl sites for hydroxylation is 2. The van der Waals surface area contributed by atoms with Gasteiger partial charge in [-0.25, -0.2) is 0 Å². The summed E-state index contributed by atoms with van der Waals surface area (Å²) < 4.78 is 0. The zero-order chi connectivity index (χ0) is 62.7. The van der Waals surface area contributed by atoms with E-state index in [1.54, 1.807) is 68.4 Å². The van der Waals surface area contributed by atoms with Crippen molar-refractivity contribution in [1.29, 1.82) is 0 Å². The van der Waals surface area contributed by atoms with Crippen molar-refractivity contribution in [3.05, 3.63) is 137 Å². The van der Waals surface area contributed by atoms with E-state index in [1.807, 2.05) is 0 Å². The average Bonchev–Trinajstić information content (AvgIpc) is 1.61. The number of carboxylic acids is 4. The highest BCUT2D eigenvalue weighted by Crippen LogP contribution is 2.54. The molecule has 2 saturated carbocycles. The van der Waals surface area contributed by atoms with Crippen LogP contribution in [0, 0.1) is 61.2 Å². The van der Waals surface area contributed by atoms with Crippen molar-refractivity contribution in [3.8, 4) is 34.0 Å². The topological polar surface area (TPSA) is 393 Å². The molecule has 2 aliphatic carbocycles. The van der Waals surface area contributed by atoms with E-state index >= 15 is 0 Å². The van der Waals surface area contributed by atoms with Gasteiger partial charge in [-0.2, -0.15) is 0 Å². The summed E-state index contributed by atoms with van der Waals surface area (Å²) in [6, 6.07) is 27.7. The molecule has 8 unspecified atom stereocenters. The van der Waals surface area contributed by atoms with E-state index in [0.717, 1.165) is 20.1 Å². The number of imide groups is 1. The maximum atomic E-state index is 14.9. The van der Waals surface area contributed by atoms with Crippen LogP contribution in [0.2, 0.25) is 0 Å². The molecular formula is C62H54N10O16. The lowest BCUT2D eigenvalue weighted by Gasteiger charge is -2.41. The number of aromatic nitrogens is 6. The molecule has 1 aliphatic heterocycles. The molecule has 1 saturated heterocycles. The van der Waals surface area contributed by atoms with Crippen molar-refractivity contribution in [3.63, 3.8) is 0 Å². The number of amides is 5. The molecular weight excluding hydrogens is 1140 g/mol. The van der Waals surface area contributed by atoms with Gasteiger partial charge in [-0.1, -0.05) is 30.3 Å². The molecule has 0 spiro atoms. The fraction of sp³-hybridized carbons (Fsp3) is 0.258. The third-order valence-electron chi connectivity index (χ3n) is 16.9. The fourth-order valence-corrected chi connectivity index (χ4v) is 12.7. The van der Waals surface area contributed by atoms with Crippen LogP contribution in [0.25, 0.3) is 44.6 Å². The third kappa shape index (κ3) is 10.7. The minimum absolute atomic E-state index is 0.0113. The number of anilines is 3. The Morgan fingerprint density at radius 3 is 1.64 bits per heavy atom. The van der Waals surface area contributed by atoms with Gasteiger partial charge in [0.05, 0.1) is 47.4 Å². The number of aromatic hydroxyl groups is 2. The zero-order valence-corrected chi connectivity index (χ0v) is 46.9. The first-order valence-corrected chi connectivity index (χ1v) is 27.7. The van der Waals surface area contributed by atoms with Crippen LogP contribution in [-0.4, -0.2) is 127 Å². The Morgan fingerprint density at radius 1 is 0.568 bits per heavy atom. The molecule has 0 bridgehead atoms. The molecule has 3 heterocycles. The molecule has 5 amide bonds. The van der Waals surface area contributed by atoms with E-state index < -0.39 is 144 Å². The third-order valence-corrected chi connectivity index (χ3v) is 16.9. The molecule has 2 aromatic heterocycles. The first-order valence-electron chi connectivity index (χ1n) is 27.7. The fourth-order valence-electron chi connectivity index (χ4n) is 12.7. The van der Waals surface area contributed by atoms with Crippen LogP contribution in [0.1, 0.15) is 51.9 Å². The monoisotopic (exact) mass is 1190 g/mol. The van der Waals surface area contributed by atoms with Crippen molar-refractivity contribution < 1.29 is 78.6 Å². The Hall–Kier alpha value is -11.2. The number of carboxylic acid groups (broad SMARTS) is 4. The molecule has 9 N–H and O–H groups in total. The lowest BCUT2D eigenvalue weighted by atomic mass is 9.55. The predicted octanol–water partition coefficient (Wildman–Crippen LogP) is 5.48. The molecule has 6 aromatic carbocycles. The van der Waals surface area contributed by atoms with E-state index in [1.165, 1.54) is 61.6 Å². The van der Waals surface area contributed by atoms with E-state index in [2.05, 4.69) is 36.3 Å². The molecule has 448 valence electrons. The van der Waals surface area contributed by atoms with Crippen LogP contribution in [-0.2, 0) is 56.0 Å². The molecule has 26 nitrogen and oxygen atoms in total. The summed E-state index contributed by atoms with van der Waals surface area (Å²) in [6.07, 6.45) is -2.38. The van der Waals surface area contributed by atoms with Crippen molar-refractivity contribution in [2.24, 2.45) is 47.3 Å².